The number of hydrogen-bond donors (Lipinski definition) is 3. The number of imidazole rings is 1. The maximum atomic E-state index is 13.2. The van der Waals surface area contributed by atoms with E-state index in [-0.39, 0.29) is 11.4 Å². The Hall–Kier alpha value is -2.94. The van der Waals surface area contributed by atoms with Gasteiger partial charge in [0.25, 0.3) is 0 Å². The smallest absolute Gasteiger partial charge is 0.248 e. The molecule has 0 saturated carbocycles. The summed E-state index contributed by atoms with van der Waals surface area (Å²) in [6, 6.07) is 8.18. The first-order chi connectivity index (χ1) is 12.3. The second-order valence-electron chi connectivity index (χ2n) is 5.52. The van der Waals surface area contributed by atoms with Gasteiger partial charge in [0, 0.05) is 23.4 Å². The van der Waals surface area contributed by atoms with Gasteiger partial charge in [0.1, 0.15) is 0 Å². The molecule has 2 amide bonds. The highest BCUT2D eigenvalue weighted by Crippen LogP contribution is 2.25. The minimum Gasteiger partial charge on any atom is -0.366 e. The number of H-pyrrole nitrogens is 1. The molecule has 9 heteroatoms. The summed E-state index contributed by atoms with van der Waals surface area (Å²) in [5.74, 6) is -2.79. The Balaban J connectivity index is 1.68. The van der Waals surface area contributed by atoms with Gasteiger partial charge in [-0.05, 0) is 31.2 Å². The Morgan fingerprint density at radius 3 is 2.50 bits per heavy atom. The molecule has 134 valence electrons. The zero-order valence-electron chi connectivity index (χ0n) is 13.5. The quantitative estimate of drug-likeness (QED) is 0.596. The lowest BCUT2D eigenvalue weighted by Crippen LogP contribution is -2.22. The highest BCUT2D eigenvalue weighted by molar-refractivity contribution is 8.00. The molecule has 1 atom stereocenters. The Morgan fingerprint density at radius 1 is 1.19 bits per heavy atom. The first-order valence-corrected chi connectivity index (χ1v) is 8.43. The standard InChI is InChI=1S/C17H14F2N4O2S/c1-8(16(25)21-10-4-2-9(3-5-10)15(20)24)26-17-22-13-6-11(18)12(19)7-14(13)23-17/h2-8H,1H3,(H2,20,24)(H,21,25)(H,22,23). The van der Waals surface area contributed by atoms with Crippen LogP contribution in [0, 0.1) is 11.6 Å². The van der Waals surface area contributed by atoms with Crippen molar-refractivity contribution in [2.45, 2.75) is 17.3 Å². The lowest BCUT2D eigenvalue weighted by Gasteiger charge is -2.10. The molecule has 0 spiro atoms. The van der Waals surface area contributed by atoms with Crippen LogP contribution in [0.2, 0.25) is 0 Å². The molecule has 1 heterocycles. The van der Waals surface area contributed by atoms with Crippen molar-refractivity contribution in [3.63, 3.8) is 0 Å². The zero-order chi connectivity index (χ0) is 18.8. The third-order valence-corrected chi connectivity index (χ3v) is 4.58. The summed E-state index contributed by atoms with van der Waals surface area (Å²) < 4.78 is 26.5. The molecular weight excluding hydrogens is 362 g/mol. The summed E-state index contributed by atoms with van der Waals surface area (Å²) in [4.78, 5) is 30.3. The van der Waals surface area contributed by atoms with Crippen molar-refractivity contribution in [1.82, 2.24) is 9.97 Å². The molecule has 0 aliphatic heterocycles. The predicted molar refractivity (Wildman–Crippen MR) is 94.9 cm³/mol. The topological polar surface area (TPSA) is 101 Å². The minimum atomic E-state index is -0.981. The van der Waals surface area contributed by atoms with Crippen LogP contribution in [0.1, 0.15) is 17.3 Å². The predicted octanol–water partition coefficient (Wildman–Crippen LogP) is 3.06. The normalized spacial score (nSPS) is 12.1. The van der Waals surface area contributed by atoms with Gasteiger partial charge < -0.3 is 16.0 Å². The third-order valence-electron chi connectivity index (χ3n) is 3.60. The molecule has 2 aromatic carbocycles. The number of aromatic amines is 1. The average Bonchev–Trinajstić information content (AvgIpc) is 2.96. The Labute approximate surface area is 151 Å². The Kier molecular flexibility index (Phi) is 4.90. The van der Waals surface area contributed by atoms with Crippen LogP contribution >= 0.6 is 11.8 Å². The van der Waals surface area contributed by atoms with E-state index in [1.165, 1.54) is 12.1 Å². The van der Waals surface area contributed by atoms with Crippen molar-refractivity contribution in [1.29, 1.82) is 0 Å². The van der Waals surface area contributed by atoms with Gasteiger partial charge in [-0.1, -0.05) is 11.8 Å². The van der Waals surface area contributed by atoms with E-state index < -0.39 is 22.8 Å². The van der Waals surface area contributed by atoms with Crippen molar-refractivity contribution in [3.05, 3.63) is 53.6 Å². The van der Waals surface area contributed by atoms with Gasteiger partial charge >= 0.3 is 0 Å². The number of primary amides is 1. The molecule has 0 radical (unpaired) electrons. The van der Waals surface area contributed by atoms with Gasteiger partial charge in [-0.25, -0.2) is 13.8 Å². The van der Waals surface area contributed by atoms with E-state index in [2.05, 4.69) is 15.3 Å². The number of nitrogens with one attached hydrogen (secondary N) is 2. The lowest BCUT2D eigenvalue weighted by molar-refractivity contribution is -0.115. The van der Waals surface area contributed by atoms with Crippen LogP contribution < -0.4 is 11.1 Å². The fraction of sp³-hybridized carbons (Fsp3) is 0.118. The SMILES string of the molecule is CC(Sc1nc2cc(F)c(F)cc2[nH]1)C(=O)Nc1ccc(C(N)=O)cc1. The second kappa shape index (κ2) is 7.12. The Bertz CT molecular complexity index is 949. The highest BCUT2D eigenvalue weighted by Gasteiger charge is 2.17. The number of carbonyl (C=O) groups excluding carboxylic acids is 2. The van der Waals surface area contributed by atoms with Gasteiger partial charge in [0.05, 0.1) is 16.3 Å². The van der Waals surface area contributed by atoms with E-state index in [1.807, 2.05) is 0 Å². The number of rotatable bonds is 5. The highest BCUT2D eigenvalue weighted by atomic mass is 32.2. The van der Waals surface area contributed by atoms with E-state index in [0.29, 0.717) is 21.9 Å². The van der Waals surface area contributed by atoms with Crippen LogP contribution in [0.15, 0.2) is 41.6 Å². The Morgan fingerprint density at radius 2 is 1.85 bits per heavy atom. The minimum absolute atomic E-state index is 0.279. The van der Waals surface area contributed by atoms with Gasteiger partial charge in [-0.3, -0.25) is 9.59 Å². The van der Waals surface area contributed by atoms with E-state index in [4.69, 9.17) is 5.73 Å². The van der Waals surface area contributed by atoms with E-state index in [9.17, 15) is 18.4 Å². The number of halogens is 2. The van der Waals surface area contributed by atoms with Crippen LogP contribution in [0.25, 0.3) is 11.0 Å². The van der Waals surface area contributed by atoms with Crippen molar-refractivity contribution in [3.8, 4) is 0 Å². The molecule has 1 unspecified atom stereocenters. The maximum absolute atomic E-state index is 13.2. The molecule has 4 N–H and O–H groups in total. The second-order valence-corrected chi connectivity index (χ2v) is 6.85. The molecule has 1 aromatic heterocycles. The van der Waals surface area contributed by atoms with Crippen molar-refractivity contribution in [2.75, 3.05) is 5.32 Å². The number of thioether (sulfide) groups is 1. The van der Waals surface area contributed by atoms with Crippen LogP contribution in [-0.2, 0) is 4.79 Å². The number of fused-ring (bicyclic) bond motifs is 1. The summed E-state index contributed by atoms with van der Waals surface area (Å²) in [5, 5.41) is 2.55. The van der Waals surface area contributed by atoms with Crippen LogP contribution in [-0.4, -0.2) is 27.0 Å². The first kappa shape index (κ1) is 17.9. The molecular formula is C17H14F2N4O2S. The summed E-state index contributed by atoms with van der Waals surface area (Å²) >= 11 is 1.12. The summed E-state index contributed by atoms with van der Waals surface area (Å²) in [7, 11) is 0. The largest absolute Gasteiger partial charge is 0.366 e. The van der Waals surface area contributed by atoms with Crippen LogP contribution in [0.5, 0.6) is 0 Å². The maximum Gasteiger partial charge on any atom is 0.248 e. The van der Waals surface area contributed by atoms with Crippen LogP contribution in [0.4, 0.5) is 14.5 Å². The molecule has 0 bridgehead atoms. The molecule has 3 rings (SSSR count). The van der Waals surface area contributed by atoms with Gasteiger partial charge in [0.15, 0.2) is 16.8 Å². The van der Waals surface area contributed by atoms with Crippen molar-refractivity contribution < 1.29 is 18.4 Å². The fourth-order valence-electron chi connectivity index (χ4n) is 2.22. The van der Waals surface area contributed by atoms with Crippen LogP contribution in [0.3, 0.4) is 0 Å². The number of aromatic nitrogens is 2. The molecule has 0 aliphatic carbocycles. The zero-order valence-corrected chi connectivity index (χ0v) is 14.4. The van der Waals surface area contributed by atoms with Crippen molar-refractivity contribution in [2.24, 2.45) is 5.73 Å². The average molecular weight is 376 g/mol. The van der Waals surface area contributed by atoms with Gasteiger partial charge in [-0.2, -0.15) is 0 Å². The number of nitrogens with two attached hydrogens (primary N) is 1. The van der Waals surface area contributed by atoms with E-state index >= 15 is 0 Å². The lowest BCUT2D eigenvalue weighted by atomic mass is 10.2. The monoisotopic (exact) mass is 376 g/mol. The number of anilines is 1. The number of carbonyl (C=O) groups is 2. The molecule has 26 heavy (non-hydrogen) atoms. The van der Waals surface area contributed by atoms with Gasteiger partial charge in [0.2, 0.25) is 11.8 Å². The number of amides is 2. The number of nitrogens with zero attached hydrogens (tertiary/aromatic N) is 1. The molecule has 6 nitrogen and oxygen atoms in total. The summed E-state index contributed by atoms with van der Waals surface area (Å²) in [6.07, 6.45) is 0. The molecule has 3 aromatic rings. The van der Waals surface area contributed by atoms with Crippen molar-refractivity contribution >= 4 is 40.3 Å². The van der Waals surface area contributed by atoms with Gasteiger partial charge in [-0.15, -0.1) is 0 Å². The summed E-state index contributed by atoms with van der Waals surface area (Å²) in [5.41, 5.74) is 6.64. The fourth-order valence-corrected chi connectivity index (χ4v) is 3.04. The summed E-state index contributed by atoms with van der Waals surface area (Å²) in [6.45, 7) is 1.67. The number of hydrogen-bond acceptors (Lipinski definition) is 4. The molecule has 0 fully saturated rings. The number of benzene rings is 2. The molecule has 0 aliphatic rings. The van der Waals surface area contributed by atoms with E-state index in [0.717, 1.165) is 23.9 Å². The first-order valence-electron chi connectivity index (χ1n) is 7.55. The van der Waals surface area contributed by atoms with E-state index in [1.54, 1.807) is 19.1 Å². The third kappa shape index (κ3) is 3.83. The molecule has 0 saturated heterocycles.